The van der Waals surface area contributed by atoms with E-state index in [9.17, 15) is 4.79 Å². The Morgan fingerprint density at radius 1 is 1.40 bits per heavy atom. The predicted octanol–water partition coefficient (Wildman–Crippen LogP) is 2.31. The fourth-order valence-electron chi connectivity index (χ4n) is 1.58. The summed E-state index contributed by atoms with van der Waals surface area (Å²) in [6, 6.07) is 3.62. The van der Waals surface area contributed by atoms with Crippen LogP contribution in [0.25, 0.3) is 0 Å². The van der Waals surface area contributed by atoms with Gasteiger partial charge in [0, 0.05) is 31.6 Å². The second kappa shape index (κ2) is 9.31. The van der Waals surface area contributed by atoms with Crippen LogP contribution in [0, 0.1) is 5.92 Å². The molecule has 20 heavy (non-hydrogen) atoms. The van der Waals surface area contributed by atoms with Crippen molar-refractivity contribution < 1.29 is 9.53 Å². The molecule has 112 valence electrons. The maximum Gasteiger partial charge on any atom is 0.270 e. The van der Waals surface area contributed by atoms with Crippen molar-refractivity contribution in [1.82, 2.24) is 10.3 Å². The number of nitrogens with one attached hydrogen (secondary N) is 2. The highest BCUT2D eigenvalue weighted by molar-refractivity contribution is 5.93. The summed E-state index contributed by atoms with van der Waals surface area (Å²) in [6.45, 7) is 8.91. The van der Waals surface area contributed by atoms with E-state index in [4.69, 9.17) is 4.74 Å². The number of nitrogens with zero attached hydrogens (tertiary/aromatic N) is 1. The molecule has 0 aliphatic heterocycles. The van der Waals surface area contributed by atoms with Crippen molar-refractivity contribution in [2.24, 2.45) is 5.92 Å². The largest absolute Gasteiger partial charge is 0.385 e. The smallest absolute Gasteiger partial charge is 0.270 e. The van der Waals surface area contributed by atoms with E-state index in [1.165, 1.54) is 0 Å². The molecular formula is C15H25N3O2. The summed E-state index contributed by atoms with van der Waals surface area (Å²) in [7, 11) is 0. The lowest BCUT2D eigenvalue weighted by atomic mass is 10.2. The molecule has 0 saturated heterocycles. The number of rotatable bonds is 9. The lowest BCUT2D eigenvalue weighted by molar-refractivity contribution is 0.0882. The first-order valence-corrected chi connectivity index (χ1v) is 7.19. The van der Waals surface area contributed by atoms with Crippen LogP contribution in [0.4, 0.5) is 5.69 Å². The predicted molar refractivity (Wildman–Crippen MR) is 81.0 cm³/mol. The molecule has 0 aromatic carbocycles. The van der Waals surface area contributed by atoms with E-state index in [-0.39, 0.29) is 5.91 Å². The number of hydrogen-bond acceptors (Lipinski definition) is 4. The quantitative estimate of drug-likeness (QED) is 0.681. The van der Waals surface area contributed by atoms with Gasteiger partial charge in [0.2, 0.25) is 0 Å². The van der Waals surface area contributed by atoms with E-state index >= 15 is 0 Å². The highest BCUT2D eigenvalue weighted by Crippen LogP contribution is 2.07. The summed E-state index contributed by atoms with van der Waals surface area (Å²) in [5.41, 5.74) is 1.35. The first-order valence-electron chi connectivity index (χ1n) is 7.19. The van der Waals surface area contributed by atoms with Gasteiger partial charge in [-0.15, -0.1) is 0 Å². The molecule has 1 aromatic rings. The number of amides is 1. The molecule has 0 saturated carbocycles. The number of aromatic nitrogens is 1. The second-order valence-electron chi connectivity index (χ2n) is 5.08. The molecule has 0 bridgehead atoms. The minimum atomic E-state index is -0.168. The van der Waals surface area contributed by atoms with Gasteiger partial charge in [-0.3, -0.25) is 9.78 Å². The van der Waals surface area contributed by atoms with E-state index in [1.54, 1.807) is 12.3 Å². The summed E-state index contributed by atoms with van der Waals surface area (Å²) in [5, 5.41) is 6.04. The Morgan fingerprint density at radius 3 is 2.90 bits per heavy atom. The van der Waals surface area contributed by atoms with Crippen LogP contribution in [0.2, 0.25) is 0 Å². The van der Waals surface area contributed by atoms with Crippen molar-refractivity contribution in [2.45, 2.75) is 27.2 Å². The highest BCUT2D eigenvalue weighted by atomic mass is 16.5. The van der Waals surface area contributed by atoms with Gasteiger partial charge in [0.1, 0.15) is 5.69 Å². The van der Waals surface area contributed by atoms with Crippen LogP contribution in [0.5, 0.6) is 0 Å². The van der Waals surface area contributed by atoms with Gasteiger partial charge in [-0.1, -0.05) is 20.8 Å². The van der Waals surface area contributed by atoms with Crippen LogP contribution >= 0.6 is 0 Å². The Bertz CT molecular complexity index is 408. The molecule has 1 amide bonds. The molecular weight excluding hydrogens is 254 g/mol. The number of ether oxygens (including phenoxy) is 1. The first-order chi connectivity index (χ1) is 9.63. The van der Waals surface area contributed by atoms with Crippen LogP contribution in [-0.4, -0.2) is 37.2 Å². The van der Waals surface area contributed by atoms with Gasteiger partial charge in [0.05, 0.1) is 6.61 Å². The Labute approximate surface area is 121 Å². The molecule has 1 rings (SSSR count). The van der Waals surface area contributed by atoms with E-state index in [0.717, 1.165) is 18.7 Å². The molecule has 1 heterocycles. The molecule has 0 atom stereocenters. The van der Waals surface area contributed by atoms with Gasteiger partial charge >= 0.3 is 0 Å². The molecule has 0 spiro atoms. The fraction of sp³-hybridized carbons (Fsp3) is 0.600. The average Bonchev–Trinajstić information content (AvgIpc) is 2.44. The van der Waals surface area contributed by atoms with Gasteiger partial charge in [0.25, 0.3) is 5.91 Å². The fourth-order valence-corrected chi connectivity index (χ4v) is 1.58. The standard InChI is InChI=1S/C15H25N3O2/c1-4-6-16-13-5-7-17-14(10-13)15(19)18-8-9-20-11-12(2)3/h5,7,10,12H,4,6,8-9,11H2,1-3H3,(H,16,17)(H,18,19). The van der Waals surface area contributed by atoms with Crippen molar-refractivity contribution in [1.29, 1.82) is 0 Å². The van der Waals surface area contributed by atoms with Crippen molar-refractivity contribution >= 4 is 11.6 Å². The van der Waals surface area contributed by atoms with Crippen molar-refractivity contribution in [3.8, 4) is 0 Å². The molecule has 5 nitrogen and oxygen atoms in total. The maximum atomic E-state index is 11.9. The summed E-state index contributed by atoms with van der Waals surface area (Å²) in [6.07, 6.45) is 2.68. The van der Waals surface area contributed by atoms with Gasteiger partial charge < -0.3 is 15.4 Å². The Balaban J connectivity index is 2.35. The lowest BCUT2D eigenvalue weighted by Crippen LogP contribution is -2.28. The molecule has 0 aliphatic rings. The Kier molecular flexibility index (Phi) is 7.65. The highest BCUT2D eigenvalue weighted by Gasteiger charge is 2.07. The molecule has 2 N–H and O–H groups in total. The monoisotopic (exact) mass is 279 g/mol. The summed E-state index contributed by atoms with van der Waals surface area (Å²) in [4.78, 5) is 16.0. The number of carbonyl (C=O) groups is 1. The van der Waals surface area contributed by atoms with Crippen LogP contribution in [-0.2, 0) is 4.74 Å². The molecule has 1 aromatic heterocycles. The minimum Gasteiger partial charge on any atom is -0.385 e. The third-order valence-corrected chi connectivity index (χ3v) is 2.55. The number of hydrogen-bond donors (Lipinski definition) is 2. The molecule has 0 radical (unpaired) electrons. The van der Waals surface area contributed by atoms with E-state index in [0.29, 0.717) is 31.4 Å². The number of pyridine rings is 1. The topological polar surface area (TPSA) is 63.2 Å². The van der Waals surface area contributed by atoms with Gasteiger partial charge in [-0.25, -0.2) is 0 Å². The average molecular weight is 279 g/mol. The third kappa shape index (κ3) is 6.52. The Morgan fingerprint density at radius 2 is 2.20 bits per heavy atom. The zero-order chi connectivity index (χ0) is 14.8. The van der Waals surface area contributed by atoms with Crippen LogP contribution < -0.4 is 10.6 Å². The summed E-state index contributed by atoms with van der Waals surface area (Å²) in [5.74, 6) is 0.340. The zero-order valence-electron chi connectivity index (χ0n) is 12.6. The normalized spacial score (nSPS) is 10.6. The van der Waals surface area contributed by atoms with Crippen molar-refractivity contribution in [3.63, 3.8) is 0 Å². The van der Waals surface area contributed by atoms with Crippen LogP contribution in [0.3, 0.4) is 0 Å². The summed E-state index contributed by atoms with van der Waals surface area (Å²) >= 11 is 0. The van der Waals surface area contributed by atoms with Gasteiger partial charge in [-0.05, 0) is 24.5 Å². The van der Waals surface area contributed by atoms with Crippen molar-refractivity contribution in [3.05, 3.63) is 24.0 Å². The van der Waals surface area contributed by atoms with Crippen molar-refractivity contribution in [2.75, 3.05) is 31.6 Å². The Hall–Kier alpha value is -1.62. The minimum absolute atomic E-state index is 0.168. The first kappa shape index (κ1) is 16.4. The third-order valence-electron chi connectivity index (χ3n) is 2.55. The van der Waals surface area contributed by atoms with Gasteiger partial charge in [0.15, 0.2) is 0 Å². The molecule has 5 heteroatoms. The number of anilines is 1. The SMILES string of the molecule is CCCNc1ccnc(C(=O)NCCOCC(C)C)c1. The molecule has 0 aliphatic carbocycles. The van der Waals surface area contributed by atoms with E-state index in [1.807, 2.05) is 6.07 Å². The van der Waals surface area contributed by atoms with E-state index < -0.39 is 0 Å². The zero-order valence-corrected chi connectivity index (χ0v) is 12.6. The lowest BCUT2D eigenvalue weighted by Gasteiger charge is -2.09. The van der Waals surface area contributed by atoms with Gasteiger partial charge in [-0.2, -0.15) is 0 Å². The van der Waals surface area contributed by atoms with Crippen LogP contribution in [0.15, 0.2) is 18.3 Å². The summed E-state index contributed by atoms with van der Waals surface area (Å²) < 4.78 is 5.41. The maximum absolute atomic E-state index is 11.9. The second-order valence-corrected chi connectivity index (χ2v) is 5.08. The van der Waals surface area contributed by atoms with E-state index in [2.05, 4.69) is 36.4 Å². The van der Waals surface area contributed by atoms with Crippen LogP contribution in [0.1, 0.15) is 37.7 Å². The number of carbonyl (C=O) groups excluding carboxylic acids is 1. The molecule has 0 unspecified atom stereocenters. The molecule has 0 fully saturated rings.